The van der Waals surface area contributed by atoms with Crippen molar-refractivity contribution in [3.8, 4) is 44.5 Å². The van der Waals surface area contributed by atoms with Gasteiger partial charge in [-0.05, 0) is 90.2 Å². The van der Waals surface area contributed by atoms with Crippen LogP contribution in [0.2, 0.25) is 0 Å². The van der Waals surface area contributed by atoms with E-state index in [1.54, 1.807) is 0 Å². The zero-order chi connectivity index (χ0) is 54.1. The summed E-state index contributed by atoms with van der Waals surface area (Å²) in [6.07, 6.45) is 0. The van der Waals surface area contributed by atoms with Crippen LogP contribution in [0.25, 0.3) is 88.0 Å². The van der Waals surface area contributed by atoms with Crippen molar-refractivity contribution in [2.45, 2.75) is 0 Å². The van der Waals surface area contributed by atoms with Gasteiger partial charge in [0.2, 0.25) is 0 Å². The lowest BCUT2D eigenvalue weighted by molar-refractivity contribution is 0.669. The molecular weight excluding hydrogens is 544 g/mol. The first-order valence-corrected chi connectivity index (χ1v) is 13.2. The molecule has 0 aliphatic rings. The summed E-state index contributed by atoms with van der Waals surface area (Å²) >= 11 is 0. The van der Waals surface area contributed by atoms with Gasteiger partial charge in [-0.1, -0.05) is 145 Å². The minimum absolute atomic E-state index is 0.430. The summed E-state index contributed by atoms with van der Waals surface area (Å²) in [5.74, 6) is 0. The van der Waals surface area contributed by atoms with Crippen LogP contribution in [0, 0.1) is 0 Å². The van der Waals surface area contributed by atoms with E-state index in [0.717, 1.165) is 0 Å². The molecule has 9 rings (SSSR count). The number of rotatable bonds is 4. The average molecular weight is 601 g/mol. The van der Waals surface area contributed by atoms with Gasteiger partial charge in [0, 0.05) is 10.8 Å². The minimum atomic E-state index is -1.13. The van der Waals surface area contributed by atoms with Crippen LogP contribution in [0.4, 0.5) is 0 Å². The summed E-state index contributed by atoms with van der Waals surface area (Å²) in [4.78, 5) is 0. The molecule has 45 heavy (non-hydrogen) atoms. The Morgan fingerprint density at radius 3 is 1.38 bits per heavy atom. The maximum atomic E-state index is 9.62. The molecule has 9 aromatic rings. The molecule has 1 aromatic heterocycles. The monoisotopic (exact) mass is 600 g/mol. The Bertz CT molecular complexity index is 3980. The molecule has 0 N–H and O–H groups in total. The zero-order valence-electron chi connectivity index (χ0n) is 50.4. The van der Waals surface area contributed by atoms with Crippen LogP contribution in [-0.4, -0.2) is 0 Å². The summed E-state index contributed by atoms with van der Waals surface area (Å²) in [5, 5.41) is -3.88. The van der Waals surface area contributed by atoms with E-state index in [2.05, 4.69) is 0 Å². The molecule has 0 saturated carbocycles. The molecule has 1 heteroatoms. The number of hydrogen-bond donors (Lipinski definition) is 0. The largest absolute Gasteiger partial charge is 0.456 e. The molecular formula is C44H28O. The third kappa shape index (κ3) is 4.24. The SMILES string of the molecule is [2H]c1c([2H])c([2H])c(-c2c([2H])c([2H])c([2H])c(-c3c([2H])c([2H])c(-c4c5c([2H])c([2H])c([2H])c([2H])c5c(-c5c([2H])c([2H])c6oc7c([2H])c([2H])c([2H])c([2H])c7c6c5[2H])c5c([2H])c([2H])c([2H])c([2H])c45)c([2H])c3[2H])c2[2H])c([2H])c1[2H]. The minimum Gasteiger partial charge on any atom is -0.456 e. The molecule has 0 aliphatic heterocycles. The molecule has 0 fully saturated rings. The van der Waals surface area contributed by atoms with Crippen molar-refractivity contribution >= 4 is 43.5 Å². The molecule has 0 unspecified atom stereocenters. The number of furan rings is 1. The van der Waals surface area contributed by atoms with Crippen molar-refractivity contribution in [2.24, 2.45) is 0 Å². The third-order valence-electron chi connectivity index (χ3n) is 7.01. The van der Waals surface area contributed by atoms with Crippen LogP contribution >= 0.6 is 0 Å². The van der Waals surface area contributed by atoms with E-state index in [4.69, 9.17) is 27.7 Å². The number of para-hydroxylation sites is 1. The maximum Gasteiger partial charge on any atom is 0.135 e. The highest BCUT2D eigenvalue weighted by Gasteiger charge is 2.18. The van der Waals surface area contributed by atoms with Crippen LogP contribution in [0.15, 0.2) is 174 Å². The summed E-state index contributed by atoms with van der Waals surface area (Å²) in [5.41, 5.74) is -7.52. The van der Waals surface area contributed by atoms with Crippen LogP contribution in [0.3, 0.4) is 0 Å². The van der Waals surface area contributed by atoms with Gasteiger partial charge in [-0.2, -0.15) is 0 Å². The summed E-state index contributed by atoms with van der Waals surface area (Å²) in [6, 6.07) is -26.6. The lowest BCUT2D eigenvalue weighted by Crippen LogP contribution is -1.91. The molecule has 0 radical (unpaired) electrons. The van der Waals surface area contributed by atoms with Gasteiger partial charge in [0.05, 0.1) is 38.4 Å². The van der Waals surface area contributed by atoms with E-state index in [0.29, 0.717) is 0 Å². The van der Waals surface area contributed by atoms with Crippen molar-refractivity contribution in [1.82, 2.24) is 0 Å². The number of benzene rings is 8. The molecule has 1 heterocycles. The average Bonchev–Trinajstić information content (AvgIpc) is 3.77. The zero-order valence-corrected chi connectivity index (χ0v) is 22.4. The van der Waals surface area contributed by atoms with Crippen molar-refractivity contribution < 1.29 is 42.8 Å². The standard InChI is InChI=1S/C44H28O/c1-2-11-29(12-3-1)32-13-10-14-33(27-32)30-21-23-31(24-22-30)43-36-16-4-6-18-38(36)44(39-19-7-5-17-37(39)43)34-25-26-42-40(28-34)35-15-8-9-20-41(35)45-42/h1-28H/i1D,2D,3D,4D,5D,6D,7D,8D,9D,10D,11D,12D,13D,14D,15D,16D,17D,18D,19D,20D,21D,22D,23D,24D,25D,26D,27D,28D. The highest BCUT2D eigenvalue weighted by atomic mass is 16.3. The number of fused-ring (bicyclic) bond motifs is 5. The predicted molar refractivity (Wildman–Crippen MR) is 190 cm³/mol. The lowest BCUT2D eigenvalue weighted by atomic mass is 9.85. The lowest BCUT2D eigenvalue weighted by Gasteiger charge is -2.18. The van der Waals surface area contributed by atoms with Crippen LogP contribution in [-0.2, 0) is 0 Å². The van der Waals surface area contributed by atoms with E-state index in [1.807, 2.05) is 0 Å². The van der Waals surface area contributed by atoms with Gasteiger partial charge in [0.25, 0.3) is 0 Å². The van der Waals surface area contributed by atoms with Gasteiger partial charge in [0.1, 0.15) is 11.2 Å². The Morgan fingerprint density at radius 2 is 0.733 bits per heavy atom. The van der Waals surface area contributed by atoms with Crippen molar-refractivity contribution in [2.75, 3.05) is 0 Å². The van der Waals surface area contributed by atoms with E-state index in [1.165, 1.54) is 0 Å². The Kier molecular flexibility index (Phi) is 2.32. The second-order valence-electron chi connectivity index (χ2n) is 9.51. The summed E-state index contributed by atoms with van der Waals surface area (Å²) < 4.78 is 255. The molecule has 0 aliphatic carbocycles. The van der Waals surface area contributed by atoms with Crippen LogP contribution in [0.5, 0.6) is 0 Å². The van der Waals surface area contributed by atoms with Gasteiger partial charge < -0.3 is 4.42 Å². The van der Waals surface area contributed by atoms with E-state index >= 15 is 0 Å². The summed E-state index contributed by atoms with van der Waals surface area (Å²) in [7, 11) is 0. The molecule has 0 saturated heterocycles. The highest BCUT2D eigenvalue weighted by Crippen LogP contribution is 2.45. The fraction of sp³-hybridized carbons (Fsp3) is 0. The predicted octanol–water partition coefficient (Wildman–Crippen LogP) is 12.6. The van der Waals surface area contributed by atoms with Gasteiger partial charge in [-0.25, -0.2) is 0 Å². The molecule has 0 atom stereocenters. The Balaban J connectivity index is 1.51. The second-order valence-corrected chi connectivity index (χ2v) is 9.51. The van der Waals surface area contributed by atoms with E-state index < -0.39 is 257 Å². The van der Waals surface area contributed by atoms with E-state index in [9.17, 15) is 15.1 Å². The topological polar surface area (TPSA) is 13.1 Å². The quantitative estimate of drug-likeness (QED) is 0.183. The van der Waals surface area contributed by atoms with Crippen molar-refractivity contribution in [3.63, 3.8) is 0 Å². The molecule has 210 valence electrons. The van der Waals surface area contributed by atoms with Gasteiger partial charge in [-0.3, -0.25) is 0 Å². The number of hydrogen-bond acceptors (Lipinski definition) is 1. The van der Waals surface area contributed by atoms with Crippen LogP contribution in [0.1, 0.15) is 38.4 Å². The third-order valence-corrected chi connectivity index (χ3v) is 7.01. The highest BCUT2D eigenvalue weighted by molar-refractivity contribution is 6.22. The van der Waals surface area contributed by atoms with Gasteiger partial charge >= 0.3 is 0 Å². The molecule has 0 spiro atoms. The molecule has 0 bridgehead atoms. The molecule has 0 amide bonds. The van der Waals surface area contributed by atoms with Crippen molar-refractivity contribution in [3.05, 3.63) is 169 Å². The Hall–Kier alpha value is -5.92. The first-order valence-electron chi connectivity index (χ1n) is 27.2. The smallest absolute Gasteiger partial charge is 0.135 e. The Labute approximate surface area is 301 Å². The summed E-state index contributed by atoms with van der Waals surface area (Å²) in [6.45, 7) is 0. The molecule has 8 aromatic carbocycles. The van der Waals surface area contributed by atoms with Gasteiger partial charge in [-0.15, -0.1) is 0 Å². The first kappa shape index (κ1) is 10.1. The normalized spacial score (nSPS) is 20.3. The van der Waals surface area contributed by atoms with Gasteiger partial charge in [0.15, 0.2) is 0 Å². The maximum absolute atomic E-state index is 9.62. The Morgan fingerprint density at radius 1 is 0.289 bits per heavy atom. The van der Waals surface area contributed by atoms with Crippen molar-refractivity contribution in [1.29, 1.82) is 0 Å². The first-order chi connectivity index (χ1) is 34.0. The second kappa shape index (κ2) is 10.4. The van der Waals surface area contributed by atoms with E-state index in [-0.39, 0.29) is 0 Å². The fourth-order valence-electron chi connectivity index (χ4n) is 5.08. The molecule has 1 nitrogen and oxygen atoms in total. The fourth-order valence-corrected chi connectivity index (χ4v) is 5.08. The van der Waals surface area contributed by atoms with Crippen LogP contribution < -0.4 is 0 Å².